The highest BCUT2D eigenvalue weighted by molar-refractivity contribution is 5.64. The molecule has 0 amide bonds. The minimum Gasteiger partial charge on any atom is -0.216 e. The molecule has 0 heterocycles. The first-order valence-corrected chi connectivity index (χ1v) is 9.74. The Labute approximate surface area is 151 Å². The van der Waals surface area contributed by atoms with Gasteiger partial charge in [0.2, 0.25) is 0 Å². The topological polar surface area (TPSA) is 0 Å². The molecule has 1 aliphatic rings. The number of aryl methyl sites for hydroxylation is 1. The summed E-state index contributed by atoms with van der Waals surface area (Å²) in [6.45, 7) is 2.19. The number of rotatable bonds is 6. The summed E-state index contributed by atoms with van der Waals surface area (Å²) in [7, 11) is 0. The van der Waals surface area contributed by atoms with Crippen molar-refractivity contribution in [2.24, 2.45) is 5.92 Å². The molecular weight excluding hydrogens is 307 g/mol. The third kappa shape index (κ3) is 4.81. The normalized spacial score (nSPS) is 20.9. The van der Waals surface area contributed by atoms with Crippen LogP contribution in [0.2, 0.25) is 0 Å². The fourth-order valence-corrected chi connectivity index (χ4v) is 4.06. The number of halogens is 1. The largest absolute Gasteiger partial charge is 0.216 e. The Morgan fingerprint density at radius 1 is 0.880 bits per heavy atom. The highest BCUT2D eigenvalue weighted by Gasteiger charge is 2.21. The molecular formula is C24H29F. The molecule has 1 saturated carbocycles. The predicted molar refractivity (Wildman–Crippen MR) is 105 cm³/mol. The lowest BCUT2D eigenvalue weighted by Gasteiger charge is -2.28. The molecule has 0 atom stereocenters. The van der Waals surface area contributed by atoms with E-state index >= 15 is 0 Å². The molecule has 132 valence electrons. The van der Waals surface area contributed by atoms with Crippen molar-refractivity contribution in [2.75, 3.05) is 0 Å². The van der Waals surface area contributed by atoms with Gasteiger partial charge >= 0.3 is 0 Å². The smallest absolute Gasteiger partial charge is 0.0827 e. The average Bonchev–Trinajstić information content (AvgIpc) is 2.69. The molecule has 0 N–H and O–H groups in total. The van der Waals surface area contributed by atoms with Gasteiger partial charge in [0.1, 0.15) is 0 Å². The van der Waals surface area contributed by atoms with Crippen LogP contribution < -0.4 is 0 Å². The molecule has 1 heteroatoms. The van der Waals surface area contributed by atoms with Crippen LogP contribution in [0, 0.1) is 5.92 Å². The van der Waals surface area contributed by atoms with E-state index < -0.39 is 0 Å². The van der Waals surface area contributed by atoms with Crippen molar-refractivity contribution in [1.29, 1.82) is 0 Å². The zero-order chi connectivity index (χ0) is 17.5. The lowest BCUT2D eigenvalue weighted by molar-refractivity contribution is 0.311. The molecule has 1 fully saturated rings. The maximum absolute atomic E-state index is 12.0. The number of hydrogen-bond acceptors (Lipinski definition) is 0. The minimum atomic E-state index is 0.684. The van der Waals surface area contributed by atoms with E-state index in [9.17, 15) is 4.39 Å². The zero-order valence-electron chi connectivity index (χ0n) is 15.3. The van der Waals surface area contributed by atoms with Crippen molar-refractivity contribution < 1.29 is 4.39 Å². The van der Waals surface area contributed by atoms with Crippen molar-refractivity contribution >= 4 is 0 Å². The second kappa shape index (κ2) is 8.99. The van der Waals surface area contributed by atoms with Gasteiger partial charge in [-0.1, -0.05) is 61.5 Å². The van der Waals surface area contributed by atoms with E-state index in [0.29, 0.717) is 12.2 Å². The predicted octanol–water partition coefficient (Wildman–Crippen LogP) is 7.45. The molecule has 2 aromatic carbocycles. The van der Waals surface area contributed by atoms with E-state index in [1.807, 2.05) is 0 Å². The zero-order valence-corrected chi connectivity index (χ0v) is 15.3. The molecule has 0 radical (unpaired) electrons. The van der Waals surface area contributed by atoms with Crippen molar-refractivity contribution in [3.05, 3.63) is 72.1 Å². The number of allylic oxidation sites excluding steroid dienone is 1. The summed E-state index contributed by atoms with van der Waals surface area (Å²) in [6, 6.07) is 18.1. The highest BCUT2D eigenvalue weighted by Crippen LogP contribution is 2.38. The van der Waals surface area contributed by atoms with Crippen LogP contribution in [0.5, 0.6) is 0 Å². The summed E-state index contributed by atoms with van der Waals surface area (Å²) < 4.78 is 12.0. The van der Waals surface area contributed by atoms with E-state index in [0.717, 1.165) is 25.2 Å². The van der Waals surface area contributed by atoms with Gasteiger partial charge in [-0.05, 0) is 79.0 Å². The summed E-state index contributed by atoms with van der Waals surface area (Å²) in [6.07, 6.45) is 10.6. The summed E-state index contributed by atoms with van der Waals surface area (Å²) in [5, 5.41) is 0. The highest BCUT2D eigenvalue weighted by atomic mass is 19.1. The number of hydrogen-bond donors (Lipinski definition) is 0. The van der Waals surface area contributed by atoms with Crippen molar-refractivity contribution in [2.45, 2.75) is 57.8 Å². The molecule has 0 nitrogen and oxygen atoms in total. The first-order valence-electron chi connectivity index (χ1n) is 9.74. The Kier molecular flexibility index (Phi) is 6.44. The Morgan fingerprint density at radius 2 is 1.48 bits per heavy atom. The lowest BCUT2D eigenvalue weighted by atomic mass is 9.77. The van der Waals surface area contributed by atoms with Crippen LogP contribution in [0.3, 0.4) is 0 Å². The summed E-state index contributed by atoms with van der Waals surface area (Å²) in [4.78, 5) is 0. The molecule has 25 heavy (non-hydrogen) atoms. The monoisotopic (exact) mass is 336 g/mol. The first kappa shape index (κ1) is 17.9. The molecule has 1 aliphatic carbocycles. The molecule has 0 bridgehead atoms. The fraction of sp³-hybridized carbons (Fsp3) is 0.417. The average molecular weight is 336 g/mol. The van der Waals surface area contributed by atoms with Gasteiger partial charge in [-0.3, -0.25) is 0 Å². The van der Waals surface area contributed by atoms with E-state index in [4.69, 9.17) is 0 Å². The second-order valence-electron chi connectivity index (χ2n) is 7.33. The molecule has 0 aliphatic heterocycles. The van der Waals surface area contributed by atoms with E-state index in [1.165, 1.54) is 47.9 Å². The van der Waals surface area contributed by atoms with E-state index in [1.54, 1.807) is 6.08 Å². The van der Waals surface area contributed by atoms with E-state index in [2.05, 4.69) is 55.5 Å². The molecule has 2 aromatic rings. The van der Waals surface area contributed by atoms with Gasteiger partial charge in [-0.15, -0.1) is 0 Å². The second-order valence-corrected chi connectivity index (χ2v) is 7.33. The molecule has 0 spiro atoms. The molecule has 0 saturated heterocycles. The Balaban J connectivity index is 1.57. The van der Waals surface area contributed by atoms with Crippen LogP contribution >= 0.6 is 0 Å². The van der Waals surface area contributed by atoms with Gasteiger partial charge in [0.15, 0.2) is 0 Å². The van der Waals surface area contributed by atoms with Crippen molar-refractivity contribution in [3.63, 3.8) is 0 Å². The Morgan fingerprint density at radius 3 is 2.04 bits per heavy atom. The SMILES string of the molecule is CCc1ccc(-c2ccc([C@H]3CC[C@H](CC/C=C/F)CC3)cc2)cc1. The fourth-order valence-electron chi connectivity index (χ4n) is 4.06. The Hall–Kier alpha value is -1.89. The van der Waals surface area contributed by atoms with Crippen LogP contribution in [0.25, 0.3) is 11.1 Å². The first-order chi connectivity index (χ1) is 12.3. The maximum Gasteiger partial charge on any atom is 0.0827 e. The quantitative estimate of drug-likeness (QED) is 0.514. The van der Waals surface area contributed by atoms with Gasteiger partial charge in [0, 0.05) is 0 Å². The van der Waals surface area contributed by atoms with Crippen LogP contribution in [0.1, 0.15) is 62.5 Å². The summed E-state index contributed by atoms with van der Waals surface area (Å²) >= 11 is 0. The molecule has 0 unspecified atom stereocenters. The van der Waals surface area contributed by atoms with Gasteiger partial charge in [0.25, 0.3) is 0 Å². The number of benzene rings is 2. The van der Waals surface area contributed by atoms with Crippen LogP contribution in [0.4, 0.5) is 4.39 Å². The van der Waals surface area contributed by atoms with Crippen LogP contribution in [0.15, 0.2) is 60.9 Å². The van der Waals surface area contributed by atoms with Gasteiger partial charge in [0.05, 0.1) is 6.33 Å². The van der Waals surface area contributed by atoms with Gasteiger partial charge in [-0.25, -0.2) is 4.39 Å². The summed E-state index contributed by atoms with van der Waals surface area (Å²) in [5.74, 6) is 1.48. The van der Waals surface area contributed by atoms with Crippen LogP contribution in [-0.2, 0) is 6.42 Å². The van der Waals surface area contributed by atoms with Crippen molar-refractivity contribution in [3.8, 4) is 11.1 Å². The third-order valence-corrected chi connectivity index (χ3v) is 5.76. The van der Waals surface area contributed by atoms with Gasteiger partial charge in [-0.2, -0.15) is 0 Å². The van der Waals surface area contributed by atoms with Crippen molar-refractivity contribution in [1.82, 2.24) is 0 Å². The van der Waals surface area contributed by atoms with E-state index in [-0.39, 0.29) is 0 Å². The Bertz CT molecular complexity index is 658. The van der Waals surface area contributed by atoms with Gasteiger partial charge < -0.3 is 0 Å². The molecule has 3 rings (SSSR count). The summed E-state index contributed by atoms with van der Waals surface area (Å²) in [5.41, 5.74) is 5.47. The third-order valence-electron chi connectivity index (χ3n) is 5.76. The lowest BCUT2D eigenvalue weighted by Crippen LogP contribution is -2.13. The van der Waals surface area contributed by atoms with Crippen LogP contribution in [-0.4, -0.2) is 0 Å². The maximum atomic E-state index is 12.0. The molecule has 0 aromatic heterocycles. The minimum absolute atomic E-state index is 0.684. The standard InChI is InChI=1S/C24H29F/c1-2-19-6-10-21(11-7-19)23-14-16-24(17-15-23)22-12-8-20(9-13-22)5-3-4-18-25/h4,6-7,10-11,14-18,20,22H,2-3,5,8-9,12-13H2,1H3/b18-4+/t20-,22-.